The van der Waals surface area contributed by atoms with Gasteiger partial charge in [0.2, 0.25) is 5.75 Å². The van der Waals surface area contributed by atoms with Crippen LogP contribution in [0.15, 0.2) is 76.0 Å². The van der Waals surface area contributed by atoms with E-state index in [1.807, 2.05) is 24.3 Å². The third-order valence-corrected chi connectivity index (χ3v) is 8.64. The molecule has 2 heterocycles. The zero-order chi connectivity index (χ0) is 27.4. The molecule has 194 valence electrons. The number of benzene rings is 3. The van der Waals surface area contributed by atoms with E-state index >= 15 is 0 Å². The van der Waals surface area contributed by atoms with E-state index in [4.69, 9.17) is 4.99 Å². The number of aromatic hydroxyl groups is 1. The van der Waals surface area contributed by atoms with Gasteiger partial charge in [0.1, 0.15) is 0 Å². The molecule has 0 radical (unpaired) electrons. The molecule has 0 saturated heterocycles. The number of thiazole rings is 1. The summed E-state index contributed by atoms with van der Waals surface area (Å²) in [5.74, 6) is -0.434. The van der Waals surface area contributed by atoms with Crippen LogP contribution in [0.25, 0.3) is 11.8 Å². The molecule has 1 aliphatic heterocycles. The van der Waals surface area contributed by atoms with Crippen LogP contribution in [0.4, 0.5) is 11.4 Å². The number of nitro groups is 2. The van der Waals surface area contributed by atoms with Crippen LogP contribution in [0, 0.1) is 23.8 Å². The van der Waals surface area contributed by atoms with Crippen molar-refractivity contribution in [3.8, 4) is 5.75 Å². The fourth-order valence-electron chi connectivity index (χ4n) is 5.11. The molecule has 3 aromatic carbocycles. The average molecular weight is 652 g/mol. The Bertz CT molecular complexity index is 1940. The van der Waals surface area contributed by atoms with Crippen molar-refractivity contribution in [2.24, 2.45) is 4.99 Å². The van der Waals surface area contributed by atoms with Crippen molar-refractivity contribution in [3.63, 3.8) is 0 Å². The number of nitro benzene ring substituents is 2. The number of halogens is 1. The summed E-state index contributed by atoms with van der Waals surface area (Å²) < 4.78 is 2.14. The molecule has 0 bridgehead atoms. The van der Waals surface area contributed by atoms with Gasteiger partial charge in [-0.1, -0.05) is 47.7 Å². The quantitative estimate of drug-likeness (QED) is 0.196. The second-order valence-corrected chi connectivity index (χ2v) is 11.3. The predicted molar refractivity (Wildman–Crippen MR) is 153 cm³/mol. The average Bonchev–Trinajstić information content (AvgIpc) is 3.23. The number of allylic oxidation sites excluding steroid dienone is 1. The van der Waals surface area contributed by atoms with E-state index in [9.17, 15) is 30.1 Å². The van der Waals surface area contributed by atoms with Crippen LogP contribution in [-0.4, -0.2) is 19.5 Å². The summed E-state index contributed by atoms with van der Waals surface area (Å²) >= 11 is 2.95. The maximum atomic E-state index is 13.9. The fourth-order valence-corrected chi connectivity index (χ4v) is 6.75. The van der Waals surface area contributed by atoms with E-state index in [2.05, 4.69) is 0 Å². The fraction of sp³-hybridized carbons (Fsp3) is 0.111. The maximum Gasteiger partial charge on any atom is 0.312 e. The van der Waals surface area contributed by atoms with E-state index in [0.29, 0.717) is 26.9 Å². The Labute approximate surface area is 237 Å². The van der Waals surface area contributed by atoms with E-state index < -0.39 is 27.3 Å². The van der Waals surface area contributed by atoms with Crippen LogP contribution >= 0.6 is 33.9 Å². The molecule has 12 heteroatoms. The molecule has 10 nitrogen and oxygen atoms in total. The number of phenolic OH excluding ortho intramolecular Hbond substituents is 1. The first-order valence-electron chi connectivity index (χ1n) is 11.8. The lowest BCUT2D eigenvalue weighted by molar-refractivity contribution is -0.386. The van der Waals surface area contributed by atoms with Gasteiger partial charge >= 0.3 is 5.69 Å². The molecule has 0 saturated carbocycles. The van der Waals surface area contributed by atoms with Gasteiger partial charge < -0.3 is 5.11 Å². The molecule has 0 unspecified atom stereocenters. The number of nitrogens with zero attached hydrogens (tertiary/aromatic N) is 4. The first-order chi connectivity index (χ1) is 18.7. The van der Waals surface area contributed by atoms with Crippen LogP contribution in [0.2, 0.25) is 0 Å². The van der Waals surface area contributed by atoms with E-state index in [1.54, 1.807) is 51.4 Å². The lowest BCUT2D eigenvalue weighted by Crippen LogP contribution is -2.38. The van der Waals surface area contributed by atoms with Gasteiger partial charge in [0.15, 0.2) is 4.80 Å². The minimum atomic E-state index is -0.676. The molecule has 1 atom stereocenters. The SMILES string of the molecule is O=c1/c(=C/c2cc(I)c(O)c([N+](=O)[O-])c2)sc2n1[C@H](c1cccc([N+](=O)[O-])c1)C1=C(N=2)c2ccccc2CC1. The van der Waals surface area contributed by atoms with Crippen molar-refractivity contribution < 1.29 is 15.0 Å². The zero-order valence-corrected chi connectivity index (χ0v) is 22.9. The van der Waals surface area contributed by atoms with Crippen LogP contribution in [0.1, 0.15) is 34.7 Å². The van der Waals surface area contributed by atoms with Gasteiger partial charge in [-0.05, 0) is 69.8 Å². The number of aryl methyl sites for hydroxylation is 1. The predicted octanol–water partition coefficient (Wildman–Crippen LogP) is 4.45. The Hall–Kier alpha value is -4.17. The van der Waals surface area contributed by atoms with Crippen LogP contribution in [0.3, 0.4) is 0 Å². The van der Waals surface area contributed by atoms with Gasteiger partial charge in [-0.15, -0.1) is 0 Å². The zero-order valence-electron chi connectivity index (χ0n) is 19.9. The number of rotatable bonds is 4. The minimum Gasteiger partial charge on any atom is -0.501 e. The smallest absolute Gasteiger partial charge is 0.312 e. The summed E-state index contributed by atoms with van der Waals surface area (Å²) in [5, 5.41) is 33.1. The molecule has 4 aromatic rings. The molecular weight excluding hydrogens is 635 g/mol. The molecule has 1 aliphatic carbocycles. The van der Waals surface area contributed by atoms with Gasteiger partial charge in [-0.2, -0.15) is 0 Å². The van der Waals surface area contributed by atoms with E-state index in [0.717, 1.165) is 40.2 Å². The Kier molecular flexibility index (Phi) is 6.14. The molecule has 1 aromatic heterocycles. The van der Waals surface area contributed by atoms with Crippen molar-refractivity contribution in [2.75, 3.05) is 0 Å². The van der Waals surface area contributed by atoms with Crippen LogP contribution < -0.4 is 14.9 Å². The molecule has 0 amide bonds. The number of aromatic nitrogens is 1. The normalized spacial score (nSPS) is 16.2. The van der Waals surface area contributed by atoms with Gasteiger partial charge in [0.25, 0.3) is 11.2 Å². The van der Waals surface area contributed by atoms with Crippen molar-refractivity contribution in [3.05, 3.63) is 132 Å². The monoisotopic (exact) mass is 652 g/mol. The van der Waals surface area contributed by atoms with Crippen molar-refractivity contribution in [1.82, 2.24) is 4.57 Å². The number of hydrogen-bond donors (Lipinski definition) is 1. The molecule has 2 aliphatic rings. The lowest BCUT2D eigenvalue weighted by atomic mass is 9.83. The van der Waals surface area contributed by atoms with Gasteiger partial charge in [0, 0.05) is 23.8 Å². The highest BCUT2D eigenvalue weighted by Crippen LogP contribution is 2.41. The third kappa shape index (κ3) is 4.25. The van der Waals surface area contributed by atoms with Crippen molar-refractivity contribution in [2.45, 2.75) is 18.9 Å². The highest BCUT2D eigenvalue weighted by Gasteiger charge is 2.33. The maximum absolute atomic E-state index is 13.9. The summed E-state index contributed by atoms with van der Waals surface area (Å²) in [6.07, 6.45) is 2.92. The number of hydrogen-bond acceptors (Lipinski definition) is 8. The van der Waals surface area contributed by atoms with E-state index in [1.165, 1.54) is 18.2 Å². The van der Waals surface area contributed by atoms with Gasteiger partial charge in [-0.25, -0.2) is 4.99 Å². The first kappa shape index (κ1) is 25.1. The van der Waals surface area contributed by atoms with E-state index in [-0.39, 0.29) is 14.8 Å². The lowest BCUT2D eigenvalue weighted by Gasteiger charge is -2.30. The number of fused-ring (bicyclic) bond motifs is 3. The second-order valence-electron chi connectivity index (χ2n) is 9.09. The highest BCUT2D eigenvalue weighted by molar-refractivity contribution is 14.1. The molecule has 1 N–H and O–H groups in total. The number of phenols is 1. The van der Waals surface area contributed by atoms with Gasteiger partial charge in [0.05, 0.1) is 29.7 Å². The van der Waals surface area contributed by atoms with Gasteiger partial charge in [-0.3, -0.25) is 29.6 Å². The summed E-state index contributed by atoms with van der Waals surface area (Å²) in [4.78, 5) is 41.0. The van der Waals surface area contributed by atoms with Crippen LogP contribution in [0.5, 0.6) is 5.75 Å². The molecule has 6 rings (SSSR count). The Morgan fingerprint density at radius 2 is 1.85 bits per heavy atom. The molecular formula is C27H17IN4O6S. The topological polar surface area (TPSA) is 141 Å². The Morgan fingerprint density at radius 3 is 2.62 bits per heavy atom. The Balaban J connectivity index is 1.62. The Morgan fingerprint density at radius 1 is 1.05 bits per heavy atom. The number of non-ortho nitro benzene ring substituents is 1. The van der Waals surface area contributed by atoms with Crippen molar-refractivity contribution >= 4 is 57.1 Å². The second kappa shape index (κ2) is 9.54. The van der Waals surface area contributed by atoms with Crippen molar-refractivity contribution in [1.29, 1.82) is 0 Å². The molecule has 39 heavy (non-hydrogen) atoms. The highest BCUT2D eigenvalue weighted by atomic mass is 127. The van der Waals surface area contributed by atoms with Crippen LogP contribution in [-0.2, 0) is 6.42 Å². The summed E-state index contributed by atoms with van der Waals surface area (Å²) in [7, 11) is 0. The third-order valence-electron chi connectivity index (χ3n) is 6.83. The summed E-state index contributed by atoms with van der Waals surface area (Å²) in [6, 6.07) is 16.4. The first-order valence-corrected chi connectivity index (χ1v) is 13.7. The summed E-state index contributed by atoms with van der Waals surface area (Å²) in [6.45, 7) is 0. The summed E-state index contributed by atoms with van der Waals surface area (Å²) in [5.41, 5.74) is 3.88. The largest absolute Gasteiger partial charge is 0.501 e. The molecule has 0 fully saturated rings. The minimum absolute atomic E-state index is 0.0732. The molecule has 0 spiro atoms. The standard InChI is InChI=1S/C27H17IN4O6S/c28-20-10-14(11-21(25(20)33)32(37)38)12-22-26(34)30-24(16-5-3-6-17(13-16)31(35)36)19-9-8-15-4-1-2-7-18(15)23(19)29-27(30)39-22/h1-7,10-13,24,33H,8-9H2/b22-12-/t24-/m1/s1.